The van der Waals surface area contributed by atoms with Gasteiger partial charge in [-0.2, -0.15) is 0 Å². The van der Waals surface area contributed by atoms with Gasteiger partial charge < -0.3 is 15.5 Å². The summed E-state index contributed by atoms with van der Waals surface area (Å²) in [6.45, 7) is 0. The Morgan fingerprint density at radius 2 is 2.00 bits per heavy atom. The van der Waals surface area contributed by atoms with Gasteiger partial charge in [0.2, 0.25) is 0 Å². The minimum absolute atomic E-state index is 0.0694. The number of phenolic OH excluding ortho intramolecular Hbond substituents is 1. The number of phenols is 1. The number of carbonyl (C=O) groups is 2. The molecule has 15 heavy (non-hydrogen) atoms. The van der Waals surface area contributed by atoms with Crippen LogP contribution in [0.3, 0.4) is 0 Å². The van der Waals surface area contributed by atoms with Gasteiger partial charge in [0, 0.05) is 7.05 Å². The second kappa shape index (κ2) is 4.32. The minimum atomic E-state index is -1.27. The zero-order valence-electron chi connectivity index (χ0n) is 7.94. The van der Waals surface area contributed by atoms with Crippen molar-refractivity contribution in [2.45, 2.75) is 0 Å². The largest absolute Gasteiger partial charge is 0.508 e. The maximum atomic E-state index is 11.3. The molecule has 0 saturated heterocycles. The number of rotatable bonds is 2. The first-order valence-electron chi connectivity index (χ1n) is 4.09. The summed E-state index contributed by atoms with van der Waals surface area (Å²) in [5.41, 5.74) is 0.194. The Morgan fingerprint density at radius 1 is 1.33 bits per heavy atom. The lowest BCUT2D eigenvalue weighted by molar-refractivity contribution is 0.0963. The average Bonchev–Trinajstić information content (AvgIpc) is 2.19. The summed E-state index contributed by atoms with van der Waals surface area (Å²) < 4.78 is 0. The van der Waals surface area contributed by atoms with Gasteiger partial charge in [-0.1, -0.05) is 0 Å². The van der Waals surface area contributed by atoms with Crippen molar-refractivity contribution in [3.8, 4) is 5.75 Å². The van der Waals surface area contributed by atoms with E-state index in [4.69, 9.17) is 10.2 Å². The third kappa shape index (κ3) is 2.60. The van der Waals surface area contributed by atoms with Gasteiger partial charge in [-0.25, -0.2) is 4.79 Å². The molecule has 1 aromatic rings. The summed E-state index contributed by atoms with van der Waals surface area (Å²) in [6, 6.07) is 3.79. The van der Waals surface area contributed by atoms with Crippen LogP contribution in [0, 0.1) is 0 Å². The van der Waals surface area contributed by atoms with E-state index in [2.05, 4.69) is 10.6 Å². The molecule has 0 spiro atoms. The Bertz CT molecular complexity index is 403. The van der Waals surface area contributed by atoms with Crippen LogP contribution in [0.2, 0.25) is 0 Å². The lowest BCUT2D eigenvalue weighted by Gasteiger charge is -2.07. The van der Waals surface area contributed by atoms with Crippen molar-refractivity contribution in [2.75, 3.05) is 12.4 Å². The van der Waals surface area contributed by atoms with Gasteiger partial charge in [0.25, 0.3) is 5.91 Å². The average molecular weight is 210 g/mol. The van der Waals surface area contributed by atoms with Crippen molar-refractivity contribution >= 4 is 17.7 Å². The fourth-order valence-electron chi connectivity index (χ4n) is 1.08. The van der Waals surface area contributed by atoms with Crippen molar-refractivity contribution < 1.29 is 19.8 Å². The van der Waals surface area contributed by atoms with Crippen LogP contribution < -0.4 is 10.6 Å². The highest BCUT2D eigenvalue weighted by atomic mass is 16.4. The first kappa shape index (κ1) is 10.8. The molecule has 2 amide bonds. The normalized spacial score (nSPS) is 9.40. The fraction of sp³-hybridized carbons (Fsp3) is 0.111. The van der Waals surface area contributed by atoms with Crippen LogP contribution in [0.4, 0.5) is 10.5 Å². The molecule has 0 heterocycles. The van der Waals surface area contributed by atoms with E-state index < -0.39 is 12.0 Å². The molecule has 0 aliphatic rings. The van der Waals surface area contributed by atoms with Gasteiger partial charge in [-0.15, -0.1) is 0 Å². The Labute approximate surface area is 85.5 Å². The molecule has 1 aromatic carbocycles. The van der Waals surface area contributed by atoms with E-state index in [9.17, 15) is 9.59 Å². The van der Waals surface area contributed by atoms with Crippen LogP contribution in [0.5, 0.6) is 5.75 Å². The standard InChI is InChI=1S/C9H10N2O4/c1-10-8(13)6-4-5(12)2-3-7(6)11-9(14)15/h2-4,11-12H,1H3,(H,10,13)(H,14,15). The number of nitrogens with one attached hydrogen (secondary N) is 2. The monoisotopic (exact) mass is 210 g/mol. The van der Waals surface area contributed by atoms with Crippen LogP contribution in [-0.4, -0.2) is 29.3 Å². The van der Waals surface area contributed by atoms with Crippen molar-refractivity contribution in [1.82, 2.24) is 5.32 Å². The molecule has 0 aromatic heterocycles. The Balaban J connectivity index is 3.14. The lowest BCUT2D eigenvalue weighted by atomic mass is 10.1. The molecule has 0 saturated carbocycles. The van der Waals surface area contributed by atoms with Gasteiger partial charge in [-0.05, 0) is 18.2 Å². The summed E-state index contributed by atoms with van der Waals surface area (Å²) >= 11 is 0. The topological polar surface area (TPSA) is 98.7 Å². The van der Waals surface area contributed by atoms with Crippen molar-refractivity contribution in [3.05, 3.63) is 23.8 Å². The van der Waals surface area contributed by atoms with E-state index in [1.54, 1.807) is 0 Å². The van der Waals surface area contributed by atoms with Crippen LogP contribution >= 0.6 is 0 Å². The molecule has 0 aliphatic heterocycles. The fourth-order valence-corrected chi connectivity index (χ4v) is 1.08. The van der Waals surface area contributed by atoms with Gasteiger partial charge in [-0.3, -0.25) is 10.1 Å². The van der Waals surface area contributed by atoms with Crippen LogP contribution in [0.15, 0.2) is 18.2 Å². The number of benzene rings is 1. The summed E-state index contributed by atoms with van der Waals surface area (Å²) in [5.74, 6) is -0.584. The number of aromatic hydroxyl groups is 1. The SMILES string of the molecule is CNC(=O)c1cc(O)ccc1NC(=O)O. The molecule has 80 valence electrons. The second-order valence-corrected chi connectivity index (χ2v) is 2.74. The minimum Gasteiger partial charge on any atom is -0.508 e. The number of carboxylic acid groups (broad SMARTS) is 1. The molecule has 0 atom stereocenters. The molecule has 0 radical (unpaired) electrons. The van der Waals surface area contributed by atoms with Crippen molar-refractivity contribution in [3.63, 3.8) is 0 Å². The van der Waals surface area contributed by atoms with Crippen LogP contribution in [0.1, 0.15) is 10.4 Å². The molecule has 4 N–H and O–H groups in total. The van der Waals surface area contributed by atoms with Crippen LogP contribution in [0.25, 0.3) is 0 Å². The zero-order chi connectivity index (χ0) is 11.4. The molecule has 0 unspecified atom stereocenters. The Hall–Kier alpha value is -2.24. The molecular weight excluding hydrogens is 200 g/mol. The number of hydrogen-bond acceptors (Lipinski definition) is 3. The third-order valence-electron chi connectivity index (χ3n) is 1.72. The highest BCUT2D eigenvalue weighted by Gasteiger charge is 2.12. The summed E-state index contributed by atoms with van der Waals surface area (Å²) in [6.07, 6.45) is -1.27. The van der Waals surface area contributed by atoms with Crippen molar-refractivity contribution in [2.24, 2.45) is 0 Å². The predicted octanol–water partition coefficient (Wildman–Crippen LogP) is 0.842. The Morgan fingerprint density at radius 3 is 2.53 bits per heavy atom. The Kier molecular flexibility index (Phi) is 3.12. The van der Waals surface area contributed by atoms with Gasteiger partial charge >= 0.3 is 6.09 Å². The summed E-state index contributed by atoms with van der Waals surface area (Å²) in [5, 5.41) is 22.1. The van der Waals surface area contributed by atoms with E-state index in [-0.39, 0.29) is 17.0 Å². The van der Waals surface area contributed by atoms with Gasteiger partial charge in [0.1, 0.15) is 5.75 Å². The molecule has 1 rings (SSSR count). The van der Waals surface area contributed by atoms with Crippen LogP contribution in [-0.2, 0) is 0 Å². The third-order valence-corrected chi connectivity index (χ3v) is 1.72. The van der Waals surface area contributed by atoms with E-state index in [1.807, 2.05) is 0 Å². The van der Waals surface area contributed by atoms with Crippen molar-refractivity contribution in [1.29, 1.82) is 0 Å². The highest BCUT2D eigenvalue weighted by Crippen LogP contribution is 2.21. The zero-order valence-corrected chi connectivity index (χ0v) is 7.94. The molecule has 0 bridgehead atoms. The number of carbonyl (C=O) groups excluding carboxylic acids is 1. The van der Waals surface area contributed by atoms with E-state index in [0.29, 0.717) is 0 Å². The maximum Gasteiger partial charge on any atom is 0.409 e. The lowest BCUT2D eigenvalue weighted by Crippen LogP contribution is -2.20. The van der Waals surface area contributed by atoms with Gasteiger partial charge in [0.05, 0.1) is 11.3 Å². The quantitative estimate of drug-likeness (QED) is 0.543. The van der Waals surface area contributed by atoms with E-state index in [1.165, 1.54) is 25.2 Å². The first-order valence-corrected chi connectivity index (χ1v) is 4.09. The molecule has 0 fully saturated rings. The second-order valence-electron chi connectivity index (χ2n) is 2.74. The first-order chi connectivity index (χ1) is 7.04. The number of hydrogen-bond donors (Lipinski definition) is 4. The molecule has 6 nitrogen and oxygen atoms in total. The van der Waals surface area contributed by atoms with E-state index in [0.717, 1.165) is 0 Å². The predicted molar refractivity (Wildman–Crippen MR) is 53.1 cm³/mol. The molecular formula is C9H10N2O4. The number of amides is 2. The van der Waals surface area contributed by atoms with E-state index >= 15 is 0 Å². The highest BCUT2D eigenvalue weighted by molar-refractivity contribution is 6.02. The molecule has 6 heteroatoms. The molecule has 0 aliphatic carbocycles. The maximum absolute atomic E-state index is 11.3. The summed E-state index contributed by atoms with van der Waals surface area (Å²) in [4.78, 5) is 21.7. The smallest absolute Gasteiger partial charge is 0.409 e. The van der Waals surface area contributed by atoms with Gasteiger partial charge in [0.15, 0.2) is 0 Å². The number of anilines is 1. The summed E-state index contributed by atoms with van der Waals surface area (Å²) in [7, 11) is 1.41.